The first-order chi connectivity index (χ1) is 23.0. The van der Waals surface area contributed by atoms with Crippen LogP contribution in [0.25, 0.3) is 0 Å². The van der Waals surface area contributed by atoms with Crippen molar-refractivity contribution in [2.45, 2.75) is 44.4 Å². The first kappa shape index (κ1) is 32.1. The van der Waals surface area contributed by atoms with Crippen LogP contribution >= 0.6 is 0 Å². The van der Waals surface area contributed by atoms with Crippen LogP contribution in [0.15, 0.2) is 115 Å². The van der Waals surface area contributed by atoms with Gasteiger partial charge in [-0.1, -0.05) is 61.5 Å². The topological polar surface area (TPSA) is 114 Å². The van der Waals surface area contributed by atoms with Crippen LogP contribution in [0.4, 0.5) is 0 Å². The van der Waals surface area contributed by atoms with Crippen molar-refractivity contribution in [3.8, 4) is 47.3 Å². The Hall–Kier alpha value is -6.34. The molecular formula is C41H32N4O2. The van der Waals surface area contributed by atoms with Crippen molar-refractivity contribution >= 4 is 0 Å². The van der Waals surface area contributed by atoms with E-state index in [2.05, 4.69) is 67.6 Å². The Morgan fingerprint density at radius 2 is 0.979 bits per heavy atom. The molecule has 0 saturated heterocycles. The fourth-order valence-corrected chi connectivity index (χ4v) is 5.73. The minimum atomic E-state index is 0.287. The predicted octanol–water partition coefficient (Wildman–Crippen LogP) is 10.1. The Morgan fingerprint density at radius 1 is 0.511 bits per heavy atom. The first-order valence-corrected chi connectivity index (χ1v) is 15.5. The molecule has 0 bridgehead atoms. The second kappa shape index (κ2) is 15.6. The van der Waals surface area contributed by atoms with Crippen LogP contribution in [0.1, 0.15) is 77.0 Å². The van der Waals surface area contributed by atoms with E-state index in [0.717, 1.165) is 25.7 Å². The molecule has 0 radical (unpaired) electrons. The lowest BCUT2D eigenvalue weighted by Crippen LogP contribution is -2.08. The molecule has 0 aliphatic heterocycles. The highest BCUT2D eigenvalue weighted by Gasteiger charge is 2.19. The van der Waals surface area contributed by atoms with Crippen molar-refractivity contribution in [3.05, 3.63) is 154 Å². The Kier molecular flexibility index (Phi) is 10.6. The maximum Gasteiger partial charge on any atom is 0.128 e. The molecule has 0 spiro atoms. The van der Waals surface area contributed by atoms with Gasteiger partial charge in [0.1, 0.15) is 47.3 Å². The average molecular weight is 613 g/mol. The molecule has 0 aliphatic carbocycles. The smallest absolute Gasteiger partial charge is 0.128 e. The van der Waals surface area contributed by atoms with Gasteiger partial charge in [-0.25, -0.2) is 0 Å². The minimum Gasteiger partial charge on any atom is -0.457 e. The summed E-state index contributed by atoms with van der Waals surface area (Å²) in [6.45, 7) is 2.24. The summed E-state index contributed by atoms with van der Waals surface area (Å²) in [5.41, 5.74) is 5.00. The summed E-state index contributed by atoms with van der Waals surface area (Å²) in [7, 11) is 0. The number of nitriles is 4. The number of aryl methyl sites for hydroxylation is 1. The van der Waals surface area contributed by atoms with E-state index in [0.29, 0.717) is 46.0 Å². The molecule has 6 heteroatoms. The van der Waals surface area contributed by atoms with Crippen molar-refractivity contribution in [1.82, 2.24) is 0 Å². The maximum atomic E-state index is 9.37. The third-order valence-electron chi connectivity index (χ3n) is 8.32. The SMILES string of the molecule is CCC(CC(CCc1ccc(Oc2ccc(C#N)c(C#N)c2)cc1)c1ccc(Oc2ccc(C#N)c(C#N)c2)cc1)c1ccccc1. The van der Waals surface area contributed by atoms with Crippen molar-refractivity contribution in [1.29, 1.82) is 21.0 Å². The Labute approximate surface area is 275 Å². The Morgan fingerprint density at radius 3 is 1.47 bits per heavy atom. The summed E-state index contributed by atoms with van der Waals surface area (Å²) in [5.74, 6) is 3.06. The highest BCUT2D eigenvalue weighted by Crippen LogP contribution is 2.36. The minimum absolute atomic E-state index is 0.287. The van der Waals surface area contributed by atoms with Gasteiger partial charge in [-0.05, 0) is 115 Å². The van der Waals surface area contributed by atoms with Gasteiger partial charge in [-0.3, -0.25) is 0 Å². The highest BCUT2D eigenvalue weighted by atomic mass is 16.5. The van der Waals surface area contributed by atoms with Crippen LogP contribution in [-0.4, -0.2) is 0 Å². The van der Waals surface area contributed by atoms with Crippen molar-refractivity contribution in [3.63, 3.8) is 0 Å². The number of hydrogen-bond donors (Lipinski definition) is 0. The molecule has 0 fully saturated rings. The largest absolute Gasteiger partial charge is 0.457 e. The number of rotatable bonds is 12. The molecule has 0 heterocycles. The lowest BCUT2D eigenvalue weighted by Gasteiger charge is -2.24. The van der Waals surface area contributed by atoms with Crippen molar-refractivity contribution in [2.24, 2.45) is 0 Å². The van der Waals surface area contributed by atoms with Crippen LogP contribution in [-0.2, 0) is 6.42 Å². The van der Waals surface area contributed by atoms with Gasteiger partial charge in [0.15, 0.2) is 0 Å². The number of nitrogens with zero attached hydrogens (tertiary/aromatic N) is 4. The molecule has 0 N–H and O–H groups in total. The van der Waals surface area contributed by atoms with Crippen LogP contribution in [0.3, 0.4) is 0 Å². The van der Waals surface area contributed by atoms with Crippen molar-refractivity contribution < 1.29 is 9.47 Å². The number of ether oxygens (including phenoxy) is 2. The molecule has 228 valence electrons. The second-order valence-electron chi connectivity index (χ2n) is 11.3. The fraction of sp³-hybridized carbons (Fsp3) is 0.171. The van der Waals surface area contributed by atoms with Crippen LogP contribution in [0.2, 0.25) is 0 Å². The van der Waals surface area contributed by atoms with Gasteiger partial charge < -0.3 is 9.47 Å². The zero-order chi connectivity index (χ0) is 33.0. The number of benzene rings is 5. The van der Waals surface area contributed by atoms with E-state index >= 15 is 0 Å². The second-order valence-corrected chi connectivity index (χ2v) is 11.3. The van der Waals surface area contributed by atoms with E-state index in [1.165, 1.54) is 16.7 Å². The van der Waals surface area contributed by atoms with E-state index in [4.69, 9.17) is 9.47 Å². The monoisotopic (exact) mass is 612 g/mol. The van der Waals surface area contributed by atoms with Crippen LogP contribution in [0, 0.1) is 45.3 Å². The molecule has 0 aliphatic rings. The Balaban J connectivity index is 1.31. The summed E-state index contributed by atoms with van der Waals surface area (Å²) < 4.78 is 12.0. The van der Waals surface area contributed by atoms with Gasteiger partial charge in [-0.2, -0.15) is 21.0 Å². The van der Waals surface area contributed by atoms with E-state index in [-0.39, 0.29) is 11.1 Å². The first-order valence-electron chi connectivity index (χ1n) is 15.5. The quantitative estimate of drug-likeness (QED) is 0.138. The zero-order valence-corrected chi connectivity index (χ0v) is 26.1. The average Bonchev–Trinajstić information content (AvgIpc) is 3.13. The lowest BCUT2D eigenvalue weighted by molar-refractivity contribution is 0.478. The molecule has 0 aromatic heterocycles. The zero-order valence-electron chi connectivity index (χ0n) is 26.1. The molecule has 6 nitrogen and oxygen atoms in total. The normalized spacial score (nSPS) is 11.6. The summed E-state index contributed by atoms with van der Waals surface area (Å²) in [6.07, 6.45) is 3.87. The summed E-state index contributed by atoms with van der Waals surface area (Å²) in [4.78, 5) is 0. The Bertz CT molecular complexity index is 1990. The van der Waals surface area contributed by atoms with E-state index in [9.17, 15) is 21.0 Å². The van der Waals surface area contributed by atoms with E-state index < -0.39 is 0 Å². The molecular weight excluding hydrogens is 580 g/mol. The molecule has 2 atom stereocenters. The number of hydrogen-bond acceptors (Lipinski definition) is 6. The van der Waals surface area contributed by atoms with E-state index in [1.807, 2.05) is 42.5 Å². The molecule has 5 aromatic carbocycles. The molecule has 2 unspecified atom stereocenters. The molecule has 0 amide bonds. The van der Waals surface area contributed by atoms with Crippen molar-refractivity contribution in [2.75, 3.05) is 0 Å². The third kappa shape index (κ3) is 8.23. The summed E-state index contributed by atoms with van der Waals surface area (Å²) >= 11 is 0. The van der Waals surface area contributed by atoms with Gasteiger partial charge in [0.05, 0.1) is 22.3 Å². The van der Waals surface area contributed by atoms with Gasteiger partial charge in [0.2, 0.25) is 0 Å². The van der Waals surface area contributed by atoms with Gasteiger partial charge >= 0.3 is 0 Å². The van der Waals surface area contributed by atoms with Gasteiger partial charge in [0, 0.05) is 0 Å². The van der Waals surface area contributed by atoms with Gasteiger partial charge in [-0.15, -0.1) is 0 Å². The fourth-order valence-electron chi connectivity index (χ4n) is 5.73. The summed E-state index contributed by atoms with van der Waals surface area (Å²) in [5, 5.41) is 37.1. The molecule has 0 saturated carbocycles. The summed E-state index contributed by atoms with van der Waals surface area (Å²) in [6, 6.07) is 44.7. The van der Waals surface area contributed by atoms with Crippen LogP contribution < -0.4 is 9.47 Å². The third-order valence-corrected chi connectivity index (χ3v) is 8.32. The predicted molar refractivity (Wildman–Crippen MR) is 180 cm³/mol. The molecule has 47 heavy (non-hydrogen) atoms. The molecule has 5 rings (SSSR count). The highest BCUT2D eigenvalue weighted by molar-refractivity contribution is 5.51. The maximum absolute atomic E-state index is 9.37. The lowest BCUT2D eigenvalue weighted by atomic mass is 9.81. The molecule has 5 aromatic rings. The van der Waals surface area contributed by atoms with E-state index in [1.54, 1.807) is 36.4 Å². The standard InChI is InChI=1S/C41H32N4O2/c1-2-30(31-6-4-3-5-7-31)22-33(32-12-18-39(19-13-32)47-41-21-15-35(26-43)37(24-41)28-45)11-8-29-9-16-38(17-10-29)46-40-20-14-34(25-42)36(23-40)27-44/h3-7,9-10,12-21,23-24,30,33H,2,8,11,22H2,1H3. The van der Waals surface area contributed by atoms with Crippen LogP contribution in [0.5, 0.6) is 23.0 Å². The van der Waals surface area contributed by atoms with Gasteiger partial charge in [0.25, 0.3) is 0 Å².